The van der Waals surface area contributed by atoms with Gasteiger partial charge in [0.05, 0.1) is 0 Å². The minimum atomic E-state index is -2.17. The van der Waals surface area contributed by atoms with Crippen LogP contribution in [-0.4, -0.2) is 28.6 Å². The van der Waals surface area contributed by atoms with E-state index in [1.807, 2.05) is 0 Å². The van der Waals surface area contributed by atoms with E-state index in [0.29, 0.717) is 0 Å². The van der Waals surface area contributed by atoms with E-state index in [9.17, 15) is 0 Å². The molecule has 0 saturated heterocycles. The van der Waals surface area contributed by atoms with Crippen LogP contribution in [-0.2, 0) is 12.6 Å². The zero-order valence-corrected chi connectivity index (χ0v) is 5.14. The molecule has 0 heterocycles. The summed E-state index contributed by atoms with van der Waals surface area (Å²) in [4.78, 5) is 0. The second-order valence-electron chi connectivity index (χ2n) is 0.346. The van der Waals surface area contributed by atoms with Gasteiger partial charge in [0.25, 0.3) is 0 Å². The first-order chi connectivity index (χ1) is 2.73. The maximum atomic E-state index is 7.17. The molecular formula is CH6BLiO3S. The van der Waals surface area contributed by atoms with Crippen LogP contribution in [0.15, 0.2) is 0 Å². The Morgan fingerprint density at radius 2 is 1.14 bits per heavy atom. The summed E-state index contributed by atoms with van der Waals surface area (Å²) in [6, 6.07) is 0. The first kappa shape index (κ1) is 15.7. The SMILES string of the molecule is C[S-].OB(O)O.[Li+]. The van der Waals surface area contributed by atoms with Crippen LogP contribution >= 0.6 is 0 Å². The first-order valence-electron chi connectivity index (χ1n) is 1.18. The van der Waals surface area contributed by atoms with Crippen molar-refractivity contribution >= 4 is 20.0 Å². The second kappa shape index (κ2) is 15.8. The molecule has 3 nitrogen and oxygen atoms in total. The van der Waals surface area contributed by atoms with E-state index < -0.39 is 7.32 Å². The minimum absolute atomic E-state index is 0. The Hall–Kier alpha value is 0.892. The molecule has 7 heavy (non-hydrogen) atoms. The molecule has 0 atom stereocenters. The Kier molecular flexibility index (Phi) is 35.3. The van der Waals surface area contributed by atoms with Crippen molar-refractivity contribution in [1.29, 1.82) is 0 Å². The van der Waals surface area contributed by atoms with Gasteiger partial charge in [0, 0.05) is 0 Å². The molecule has 0 aromatic rings. The minimum Gasteiger partial charge on any atom is -0.796 e. The van der Waals surface area contributed by atoms with Crippen LogP contribution < -0.4 is 18.9 Å². The second-order valence-corrected chi connectivity index (χ2v) is 0.346. The number of rotatable bonds is 0. The molecule has 0 rings (SSSR count). The van der Waals surface area contributed by atoms with E-state index >= 15 is 0 Å². The summed E-state index contributed by atoms with van der Waals surface area (Å²) >= 11 is 4.08. The van der Waals surface area contributed by atoms with E-state index in [1.54, 1.807) is 6.26 Å². The molecule has 0 bridgehead atoms. The van der Waals surface area contributed by atoms with Crippen LogP contribution in [0.3, 0.4) is 0 Å². The Balaban J connectivity index is -0.0000000480. The van der Waals surface area contributed by atoms with Gasteiger partial charge >= 0.3 is 26.2 Å². The van der Waals surface area contributed by atoms with Crippen molar-refractivity contribution in [2.24, 2.45) is 0 Å². The molecule has 0 unspecified atom stereocenters. The summed E-state index contributed by atoms with van der Waals surface area (Å²) < 4.78 is 0. The van der Waals surface area contributed by atoms with Crippen molar-refractivity contribution in [2.75, 3.05) is 6.26 Å². The zero-order valence-electron chi connectivity index (χ0n) is 4.33. The van der Waals surface area contributed by atoms with Crippen molar-refractivity contribution in [1.82, 2.24) is 0 Å². The van der Waals surface area contributed by atoms with E-state index in [0.717, 1.165) is 0 Å². The third kappa shape index (κ3) is 207. The monoisotopic (exact) mass is 116 g/mol. The Labute approximate surface area is 60.5 Å². The first-order valence-corrected chi connectivity index (χ1v) is 2.00. The normalized spacial score (nSPS) is 4.71. The van der Waals surface area contributed by atoms with Crippen LogP contribution in [0.2, 0.25) is 0 Å². The molecule has 0 aromatic heterocycles. The fourth-order valence-corrected chi connectivity index (χ4v) is 0. The molecule has 0 amide bonds. The van der Waals surface area contributed by atoms with Crippen molar-refractivity contribution in [2.45, 2.75) is 0 Å². The summed E-state index contributed by atoms with van der Waals surface area (Å²) in [5, 5.41) is 21.5. The summed E-state index contributed by atoms with van der Waals surface area (Å²) in [6.07, 6.45) is 1.58. The van der Waals surface area contributed by atoms with Crippen molar-refractivity contribution in [3.63, 3.8) is 0 Å². The van der Waals surface area contributed by atoms with Gasteiger partial charge in [0.1, 0.15) is 0 Å². The molecule has 0 fully saturated rings. The van der Waals surface area contributed by atoms with Gasteiger partial charge in [-0.3, -0.25) is 0 Å². The fourth-order valence-electron chi connectivity index (χ4n) is 0. The molecule has 0 aliphatic rings. The topological polar surface area (TPSA) is 60.7 Å². The van der Waals surface area contributed by atoms with Gasteiger partial charge in [-0.1, -0.05) is 0 Å². The molecule has 6 heteroatoms. The van der Waals surface area contributed by atoms with Crippen molar-refractivity contribution in [3.8, 4) is 0 Å². The molecule has 0 saturated carbocycles. The molecule has 0 radical (unpaired) electrons. The molecule has 0 aliphatic carbocycles. The van der Waals surface area contributed by atoms with Crippen LogP contribution in [0.5, 0.6) is 0 Å². The van der Waals surface area contributed by atoms with Crippen molar-refractivity contribution < 1.29 is 33.9 Å². The van der Waals surface area contributed by atoms with Gasteiger partial charge in [-0.05, 0) is 0 Å². The van der Waals surface area contributed by atoms with Crippen molar-refractivity contribution in [3.05, 3.63) is 0 Å². The molecular weight excluding hydrogens is 110 g/mol. The molecule has 0 aliphatic heterocycles. The summed E-state index contributed by atoms with van der Waals surface area (Å²) in [5.74, 6) is 0. The van der Waals surface area contributed by atoms with Gasteiger partial charge in [0.15, 0.2) is 0 Å². The Bertz CT molecular complexity index is 19.7. The van der Waals surface area contributed by atoms with Crippen LogP contribution in [0.1, 0.15) is 0 Å². The van der Waals surface area contributed by atoms with Crippen LogP contribution in [0.25, 0.3) is 0 Å². The fraction of sp³-hybridized carbons (Fsp3) is 1.00. The Morgan fingerprint density at radius 1 is 1.14 bits per heavy atom. The predicted molar refractivity (Wildman–Crippen MR) is 25.7 cm³/mol. The van der Waals surface area contributed by atoms with Gasteiger partial charge in [-0.25, -0.2) is 0 Å². The third-order valence-corrected chi connectivity index (χ3v) is 0. The third-order valence-electron chi connectivity index (χ3n) is 0. The molecule has 3 N–H and O–H groups in total. The zero-order chi connectivity index (χ0) is 5.58. The largest absolute Gasteiger partial charge is 1.00 e. The predicted octanol–water partition coefficient (Wildman–Crippen LogP) is -4.88. The van der Waals surface area contributed by atoms with Crippen LogP contribution in [0, 0.1) is 0 Å². The quantitative estimate of drug-likeness (QED) is 0.219. The van der Waals surface area contributed by atoms with E-state index in [4.69, 9.17) is 15.1 Å². The molecule has 0 spiro atoms. The Morgan fingerprint density at radius 3 is 1.14 bits per heavy atom. The van der Waals surface area contributed by atoms with E-state index in [-0.39, 0.29) is 18.9 Å². The summed E-state index contributed by atoms with van der Waals surface area (Å²) in [7, 11) is -2.17. The number of hydrogen-bond donors (Lipinski definition) is 3. The summed E-state index contributed by atoms with van der Waals surface area (Å²) in [6.45, 7) is 0. The average molecular weight is 116 g/mol. The number of hydrogen-bond acceptors (Lipinski definition) is 4. The van der Waals surface area contributed by atoms with E-state index in [2.05, 4.69) is 12.6 Å². The van der Waals surface area contributed by atoms with E-state index in [1.165, 1.54) is 0 Å². The van der Waals surface area contributed by atoms with Crippen LogP contribution in [0.4, 0.5) is 0 Å². The summed E-state index contributed by atoms with van der Waals surface area (Å²) in [5.41, 5.74) is 0. The maximum Gasteiger partial charge on any atom is 1.00 e. The van der Waals surface area contributed by atoms with Gasteiger partial charge < -0.3 is 27.7 Å². The van der Waals surface area contributed by atoms with Gasteiger partial charge in [-0.2, -0.15) is 6.26 Å². The van der Waals surface area contributed by atoms with Gasteiger partial charge in [0.2, 0.25) is 0 Å². The maximum absolute atomic E-state index is 7.17. The molecule has 0 aromatic carbocycles. The van der Waals surface area contributed by atoms with Gasteiger partial charge in [-0.15, -0.1) is 0 Å². The molecule has 38 valence electrons. The average Bonchev–Trinajstić information content (AvgIpc) is 1.41. The smallest absolute Gasteiger partial charge is 0.796 e. The standard InChI is InChI=1S/CH4S.BH3O3.Li/c1-2;2-1(3)4;/h2H,1H3;2-4H;/q;;+1/p-1.